The van der Waals surface area contributed by atoms with Crippen LogP contribution in [0.1, 0.15) is 43.1 Å². The van der Waals surface area contributed by atoms with Crippen molar-refractivity contribution < 1.29 is 13.9 Å². The Morgan fingerprint density at radius 3 is 2.81 bits per heavy atom. The predicted octanol–water partition coefficient (Wildman–Crippen LogP) is 2.45. The number of nitrogens with zero attached hydrogens (tertiary/aromatic N) is 2. The Morgan fingerprint density at radius 2 is 2.15 bits per heavy atom. The number of esters is 1. The molecule has 27 heavy (non-hydrogen) atoms. The SMILES string of the molecule is CCOC(=O)c1cn(C2CC2)c2cc(N3CCN[C@@H](C)C3)c(F)cc2c1=O. The lowest BCUT2D eigenvalue weighted by molar-refractivity contribution is 0.0524. The molecule has 7 heteroatoms. The molecule has 0 spiro atoms. The van der Waals surface area contributed by atoms with Crippen molar-refractivity contribution in [2.75, 3.05) is 31.1 Å². The summed E-state index contributed by atoms with van der Waals surface area (Å²) in [5, 5.41) is 3.58. The minimum atomic E-state index is -0.654. The van der Waals surface area contributed by atoms with Crippen LogP contribution in [0.15, 0.2) is 23.1 Å². The topological polar surface area (TPSA) is 63.6 Å². The van der Waals surface area contributed by atoms with Gasteiger partial charge in [0.05, 0.1) is 17.8 Å². The van der Waals surface area contributed by atoms with E-state index in [1.165, 1.54) is 6.07 Å². The summed E-state index contributed by atoms with van der Waals surface area (Å²) in [6, 6.07) is 3.55. The molecule has 1 aliphatic carbocycles. The van der Waals surface area contributed by atoms with Gasteiger partial charge in [0.15, 0.2) is 0 Å². The first-order valence-electron chi connectivity index (χ1n) is 9.53. The molecule has 6 nitrogen and oxygen atoms in total. The van der Waals surface area contributed by atoms with Crippen LogP contribution >= 0.6 is 0 Å². The Morgan fingerprint density at radius 1 is 1.37 bits per heavy atom. The van der Waals surface area contributed by atoms with Gasteiger partial charge < -0.3 is 19.5 Å². The van der Waals surface area contributed by atoms with Crippen LogP contribution in [0.3, 0.4) is 0 Å². The molecule has 0 radical (unpaired) electrons. The number of hydrogen-bond donors (Lipinski definition) is 1. The van der Waals surface area contributed by atoms with Gasteiger partial charge in [-0.2, -0.15) is 0 Å². The Bertz CT molecular complexity index is 952. The second-order valence-electron chi connectivity index (χ2n) is 7.35. The van der Waals surface area contributed by atoms with Crippen molar-refractivity contribution in [2.24, 2.45) is 0 Å². The highest BCUT2D eigenvalue weighted by Gasteiger charge is 2.28. The summed E-state index contributed by atoms with van der Waals surface area (Å²) < 4.78 is 21.9. The van der Waals surface area contributed by atoms with Crippen LogP contribution in [0, 0.1) is 5.82 Å². The standard InChI is InChI=1S/C20H24FN3O3/c1-3-27-20(26)15-11-24(13-4-5-13)17-9-18(16(21)8-14(17)19(15)25)23-7-6-22-12(2)10-23/h8-9,11-13,22H,3-7,10H2,1-2H3/t12-/m0/s1. The number of hydrogen-bond acceptors (Lipinski definition) is 5. The van der Waals surface area contributed by atoms with Gasteiger partial charge in [-0.1, -0.05) is 0 Å². The smallest absolute Gasteiger partial charge is 0.343 e. The summed E-state index contributed by atoms with van der Waals surface area (Å²) in [5.41, 5.74) is 0.686. The molecule has 0 amide bonds. The van der Waals surface area contributed by atoms with Gasteiger partial charge in [0, 0.05) is 43.3 Å². The second kappa shape index (κ2) is 6.96. The fraction of sp³-hybridized carbons (Fsp3) is 0.500. The summed E-state index contributed by atoms with van der Waals surface area (Å²) in [6.07, 6.45) is 3.55. The fourth-order valence-electron chi connectivity index (χ4n) is 3.76. The number of rotatable bonds is 4. The number of nitrogens with one attached hydrogen (secondary N) is 1. The zero-order chi connectivity index (χ0) is 19.1. The van der Waals surface area contributed by atoms with Crippen molar-refractivity contribution in [3.05, 3.63) is 39.9 Å². The second-order valence-corrected chi connectivity index (χ2v) is 7.35. The molecule has 4 rings (SSSR count). The molecule has 2 fully saturated rings. The lowest BCUT2D eigenvalue weighted by Gasteiger charge is -2.34. The van der Waals surface area contributed by atoms with E-state index in [0.717, 1.165) is 19.4 Å². The number of ether oxygens (including phenoxy) is 1. The van der Waals surface area contributed by atoms with E-state index in [9.17, 15) is 14.0 Å². The first kappa shape index (κ1) is 18.0. The monoisotopic (exact) mass is 373 g/mol. The third kappa shape index (κ3) is 3.32. The van der Waals surface area contributed by atoms with Crippen LogP contribution in [0.2, 0.25) is 0 Å². The number of aromatic nitrogens is 1. The highest BCUT2D eigenvalue weighted by Crippen LogP contribution is 2.38. The molecular formula is C20H24FN3O3. The number of carbonyl (C=O) groups is 1. The van der Waals surface area contributed by atoms with Crippen molar-refractivity contribution >= 4 is 22.6 Å². The van der Waals surface area contributed by atoms with Crippen molar-refractivity contribution in [1.29, 1.82) is 0 Å². The van der Waals surface area contributed by atoms with Gasteiger partial charge in [-0.15, -0.1) is 0 Å². The number of pyridine rings is 1. The molecule has 2 heterocycles. The Labute approximate surface area is 156 Å². The van der Waals surface area contributed by atoms with E-state index in [0.29, 0.717) is 24.3 Å². The maximum atomic E-state index is 14.9. The maximum Gasteiger partial charge on any atom is 0.343 e. The Kier molecular flexibility index (Phi) is 4.63. The normalized spacial score (nSPS) is 20.1. The molecular weight excluding hydrogens is 349 g/mol. The number of benzene rings is 1. The molecule has 2 aliphatic rings. The van der Waals surface area contributed by atoms with E-state index in [1.54, 1.807) is 19.2 Å². The van der Waals surface area contributed by atoms with E-state index < -0.39 is 17.2 Å². The molecule has 1 saturated heterocycles. The van der Waals surface area contributed by atoms with E-state index in [-0.39, 0.29) is 29.6 Å². The van der Waals surface area contributed by atoms with Crippen LogP contribution in [0.4, 0.5) is 10.1 Å². The minimum Gasteiger partial charge on any atom is -0.462 e. The predicted molar refractivity (Wildman–Crippen MR) is 102 cm³/mol. The van der Waals surface area contributed by atoms with Gasteiger partial charge >= 0.3 is 5.97 Å². The van der Waals surface area contributed by atoms with Crippen molar-refractivity contribution in [2.45, 2.75) is 38.8 Å². The van der Waals surface area contributed by atoms with Gasteiger partial charge in [0.25, 0.3) is 0 Å². The van der Waals surface area contributed by atoms with E-state index >= 15 is 0 Å². The summed E-state index contributed by atoms with van der Waals surface area (Å²) in [6.45, 7) is 6.15. The Hall–Kier alpha value is -2.41. The zero-order valence-electron chi connectivity index (χ0n) is 15.6. The zero-order valence-corrected chi connectivity index (χ0v) is 15.6. The minimum absolute atomic E-state index is 0.0285. The van der Waals surface area contributed by atoms with Gasteiger partial charge in [0.2, 0.25) is 5.43 Å². The van der Waals surface area contributed by atoms with Crippen molar-refractivity contribution in [3.63, 3.8) is 0 Å². The highest BCUT2D eigenvalue weighted by atomic mass is 19.1. The summed E-state index contributed by atoms with van der Waals surface area (Å²) in [5.74, 6) is -1.09. The molecule has 1 N–H and O–H groups in total. The highest BCUT2D eigenvalue weighted by molar-refractivity contribution is 5.94. The van der Waals surface area contributed by atoms with Gasteiger partial charge in [-0.25, -0.2) is 9.18 Å². The number of fused-ring (bicyclic) bond motifs is 1. The third-order valence-electron chi connectivity index (χ3n) is 5.25. The quantitative estimate of drug-likeness (QED) is 0.834. The van der Waals surface area contributed by atoms with E-state index in [2.05, 4.69) is 12.2 Å². The molecule has 1 aliphatic heterocycles. The number of carbonyl (C=O) groups excluding carboxylic acids is 1. The average molecular weight is 373 g/mol. The number of halogens is 1. The van der Waals surface area contributed by atoms with Crippen molar-refractivity contribution in [3.8, 4) is 0 Å². The summed E-state index contributed by atoms with van der Waals surface area (Å²) in [7, 11) is 0. The molecule has 2 aromatic rings. The van der Waals surface area contributed by atoms with Gasteiger partial charge in [-0.05, 0) is 38.8 Å². The van der Waals surface area contributed by atoms with Crippen LogP contribution in [-0.4, -0.2) is 42.8 Å². The maximum absolute atomic E-state index is 14.9. The van der Waals surface area contributed by atoms with Crippen molar-refractivity contribution in [1.82, 2.24) is 9.88 Å². The first-order valence-corrected chi connectivity index (χ1v) is 9.53. The first-order chi connectivity index (χ1) is 13.0. The fourth-order valence-corrected chi connectivity index (χ4v) is 3.76. The molecule has 1 saturated carbocycles. The Balaban J connectivity index is 1.88. The van der Waals surface area contributed by atoms with Crippen LogP contribution in [0.5, 0.6) is 0 Å². The third-order valence-corrected chi connectivity index (χ3v) is 5.25. The van der Waals surface area contributed by atoms with Gasteiger partial charge in [0.1, 0.15) is 11.4 Å². The molecule has 0 bridgehead atoms. The largest absolute Gasteiger partial charge is 0.462 e. The van der Waals surface area contributed by atoms with Crippen LogP contribution in [-0.2, 0) is 4.74 Å². The molecule has 1 aromatic heterocycles. The molecule has 0 unspecified atom stereocenters. The van der Waals surface area contributed by atoms with Crippen LogP contribution in [0.25, 0.3) is 10.9 Å². The average Bonchev–Trinajstić information content (AvgIpc) is 3.47. The van der Waals surface area contributed by atoms with Crippen LogP contribution < -0.4 is 15.6 Å². The molecule has 144 valence electrons. The summed E-state index contributed by atoms with van der Waals surface area (Å²) in [4.78, 5) is 27.0. The summed E-state index contributed by atoms with van der Waals surface area (Å²) >= 11 is 0. The number of piperazine rings is 1. The van der Waals surface area contributed by atoms with Gasteiger partial charge in [-0.3, -0.25) is 4.79 Å². The lowest BCUT2D eigenvalue weighted by atomic mass is 10.1. The van der Waals surface area contributed by atoms with E-state index in [1.807, 2.05) is 9.47 Å². The molecule has 1 aromatic carbocycles. The van der Waals surface area contributed by atoms with E-state index in [4.69, 9.17) is 4.74 Å². The molecule has 1 atom stereocenters. The lowest BCUT2D eigenvalue weighted by Crippen LogP contribution is -2.49. The number of anilines is 1.